The molecule has 150 valence electrons. The van der Waals surface area contributed by atoms with Gasteiger partial charge in [-0.2, -0.15) is 0 Å². The van der Waals surface area contributed by atoms with Crippen LogP contribution in [-0.2, 0) is 9.53 Å². The minimum Gasteiger partial charge on any atom is -0.495 e. The van der Waals surface area contributed by atoms with E-state index in [2.05, 4.69) is 19.2 Å². The van der Waals surface area contributed by atoms with Gasteiger partial charge in [0.05, 0.1) is 25.5 Å². The Morgan fingerprint density at radius 3 is 2.29 bits per heavy atom. The molecule has 1 N–H and O–H groups in total. The first-order chi connectivity index (χ1) is 13.3. The van der Waals surface area contributed by atoms with Gasteiger partial charge >= 0.3 is 5.97 Å². The lowest BCUT2D eigenvalue weighted by Gasteiger charge is -2.20. The van der Waals surface area contributed by atoms with Crippen LogP contribution in [0.25, 0.3) is 0 Å². The number of amides is 1. The van der Waals surface area contributed by atoms with Crippen LogP contribution in [0.1, 0.15) is 48.2 Å². The number of hydrogen-bond donors (Lipinski definition) is 1. The van der Waals surface area contributed by atoms with E-state index in [0.29, 0.717) is 22.7 Å². The molecule has 28 heavy (non-hydrogen) atoms. The lowest BCUT2D eigenvalue weighted by molar-refractivity contribution is -0.122. The van der Waals surface area contributed by atoms with Crippen LogP contribution in [0, 0.1) is 6.92 Å². The van der Waals surface area contributed by atoms with Crippen molar-refractivity contribution in [1.29, 1.82) is 0 Å². The number of ether oxygens (including phenoxy) is 3. The molecule has 2 aromatic carbocycles. The van der Waals surface area contributed by atoms with E-state index in [1.165, 1.54) is 20.3 Å². The van der Waals surface area contributed by atoms with Crippen molar-refractivity contribution in [3.05, 3.63) is 53.1 Å². The molecule has 0 bridgehead atoms. The lowest BCUT2D eigenvalue weighted by atomic mass is 10.0. The fourth-order valence-corrected chi connectivity index (χ4v) is 2.75. The van der Waals surface area contributed by atoms with Gasteiger partial charge in [-0.15, -0.1) is 0 Å². The number of rotatable bonds is 7. The molecular weight excluding hydrogens is 358 g/mol. The Kier molecular flexibility index (Phi) is 7.04. The highest BCUT2D eigenvalue weighted by Crippen LogP contribution is 2.29. The lowest BCUT2D eigenvalue weighted by Crippen LogP contribution is -2.30. The summed E-state index contributed by atoms with van der Waals surface area (Å²) in [7, 11) is 2.79. The van der Waals surface area contributed by atoms with E-state index in [4.69, 9.17) is 14.2 Å². The van der Waals surface area contributed by atoms with E-state index in [1.54, 1.807) is 19.1 Å². The average molecular weight is 385 g/mol. The number of esters is 1. The number of anilines is 1. The molecular formula is C22H27NO5. The Morgan fingerprint density at radius 2 is 1.68 bits per heavy atom. The molecule has 0 aliphatic carbocycles. The van der Waals surface area contributed by atoms with Gasteiger partial charge in [0.1, 0.15) is 11.5 Å². The highest BCUT2D eigenvalue weighted by molar-refractivity contribution is 5.98. The highest BCUT2D eigenvalue weighted by Gasteiger charge is 2.20. The van der Waals surface area contributed by atoms with E-state index in [0.717, 1.165) is 11.1 Å². The highest BCUT2D eigenvalue weighted by atomic mass is 16.5. The van der Waals surface area contributed by atoms with Crippen molar-refractivity contribution in [2.45, 2.75) is 39.7 Å². The van der Waals surface area contributed by atoms with Crippen molar-refractivity contribution in [2.24, 2.45) is 0 Å². The maximum Gasteiger partial charge on any atom is 0.337 e. The SMILES string of the molecule is COC(=O)c1ccc(OC)c(NC(=O)C(C)Oc2cc(C)ccc2C(C)C)c1. The van der Waals surface area contributed by atoms with Crippen molar-refractivity contribution in [3.8, 4) is 11.5 Å². The monoisotopic (exact) mass is 385 g/mol. The summed E-state index contributed by atoms with van der Waals surface area (Å²) in [6, 6.07) is 10.7. The first-order valence-corrected chi connectivity index (χ1v) is 9.11. The Balaban J connectivity index is 2.21. The zero-order chi connectivity index (χ0) is 20.8. The van der Waals surface area contributed by atoms with Crippen LogP contribution in [0.3, 0.4) is 0 Å². The van der Waals surface area contributed by atoms with Crippen LogP contribution in [-0.4, -0.2) is 32.2 Å². The summed E-state index contributed by atoms with van der Waals surface area (Å²) in [5, 5.41) is 2.77. The fourth-order valence-electron chi connectivity index (χ4n) is 2.75. The summed E-state index contributed by atoms with van der Waals surface area (Å²) in [6.07, 6.45) is -0.745. The van der Waals surface area contributed by atoms with Crippen LogP contribution < -0.4 is 14.8 Å². The summed E-state index contributed by atoms with van der Waals surface area (Å²) >= 11 is 0. The van der Waals surface area contributed by atoms with Gasteiger partial charge < -0.3 is 19.5 Å². The molecule has 0 saturated heterocycles. The van der Waals surface area contributed by atoms with Gasteiger partial charge in [-0.25, -0.2) is 4.79 Å². The Morgan fingerprint density at radius 1 is 0.964 bits per heavy atom. The largest absolute Gasteiger partial charge is 0.495 e. The summed E-state index contributed by atoms with van der Waals surface area (Å²) in [5.41, 5.74) is 2.78. The van der Waals surface area contributed by atoms with Crippen molar-refractivity contribution in [1.82, 2.24) is 0 Å². The van der Waals surface area contributed by atoms with Gasteiger partial charge in [0.15, 0.2) is 6.10 Å². The number of carbonyl (C=O) groups is 2. The first-order valence-electron chi connectivity index (χ1n) is 9.11. The normalized spacial score (nSPS) is 11.7. The quantitative estimate of drug-likeness (QED) is 0.719. The standard InChI is InChI=1S/C22H27NO5/c1-13(2)17-9-7-14(3)11-20(17)28-15(4)21(24)23-18-12-16(22(25)27-6)8-10-19(18)26-5/h7-13,15H,1-6H3,(H,23,24). The molecule has 1 unspecified atom stereocenters. The second kappa shape index (κ2) is 9.26. The van der Waals surface area contributed by atoms with Gasteiger partial charge in [0.25, 0.3) is 5.91 Å². The van der Waals surface area contributed by atoms with Crippen LogP contribution in [0.4, 0.5) is 5.69 Å². The van der Waals surface area contributed by atoms with Crippen molar-refractivity contribution < 1.29 is 23.8 Å². The second-order valence-corrected chi connectivity index (χ2v) is 6.85. The molecule has 2 rings (SSSR count). The van der Waals surface area contributed by atoms with Gasteiger partial charge in [0, 0.05) is 0 Å². The van der Waals surface area contributed by atoms with Gasteiger partial charge in [-0.3, -0.25) is 4.79 Å². The van der Waals surface area contributed by atoms with Crippen molar-refractivity contribution in [3.63, 3.8) is 0 Å². The second-order valence-electron chi connectivity index (χ2n) is 6.85. The van der Waals surface area contributed by atoms with Crippen LogP contribution in [0.2, 0.25) is 0 Å². The summed E-state index contributed by atoms with van der Waals surface area (Å²) in [5.74, 6) is 0.544. The smallest absolute Gasteiger partial charge is 0.337 e. The molecule has 6 nitrogen and oxygen atoms in total. The molecule has 0 aliphatic heterocycles. The Hall–Kier alpha value is -3.02. The van der Waals surface area contributed by atoms with Crippen molar-refractivity contribution in [2.75, 3.05) is 19.5 Å². The number of methoxy groups -OCH3 is 2. The maximum atomic E-state index is 12.7. The summed E-state index contributed by atoms with van der Waals surface area (Å²) < 4.78 is 15.9. The molecule has 0 heterocycles. The van der Waals surface area contributed by atoms with E-state index in [1.807, 2.05) is 25.1 Å². The molecule has 2 aromatic rings. The average Bonchev–Trinajstić information content (AvgIpc) is 2.66. The molecule has 0 spiro atoms. The molecule has 1 amide bonds. The van der Waals surface area contributed by atoms with E-state index < -0.39 is 12.1 Å². The van der Waals surface area contributed by atoms with Crippen LogP contribution in [0.5, 0.6) is 11.5 Å². The molecule has 0 aromatic heterocycles. The van der Waals surface area contributed by atoms with E-state index in [9.17, 15) is 9.59 Å². The number of aryl methyl sites for hydroxylation is 1. The predicted molar refractivity (Wildman–Crippen MR) is 108 cm³/mol. The molecule has 0 fully saturated rings. The summed E-state index contributed by atoms with van der Waals surface area (Å²) in [6.45, 7) is 7.81. The topological polar surface area (TPSA) is 73.9 Å². The third kappa shape index (κ3) is 5.03. The predicted octanol–water partition coefficient (Wildman–Crippen LogP) is 4.32. The molecule has 0 radical (unpaired) electrons. The van der Waals surface area contributed by atoms with Gasteiger partial charge in [0.2, 0.25) is 0 Å². The third-order valence-corrected chi connectivity index (χ3v) is 4.34. The Labute approximate surface area is 165 Å². The minimum atomic E-state index is -0.745. The number of hydrogen-bond acceptors (Lipinski definition) is 5. The molecule has 6 heteroatoms. The molecule has 0 aliphatic rings. The summed E-state index contributed by atoms with van der Waals surface area (Å²) in [4.78, 5) is 24.5. The van der Waals surface area contributed by atoms with E-state index >= 15 is 0 Å². The zero-order valence-corrected chi connectivity index (χ0v) is 17.2. The van der Waals surface area contributed by atoms with Crippen molar-refractivity contribution >= 4 is 17.6 Å². The Bertz CT molecular complexity index is 860. The minimum absolute atomic E-state index is 0.266. The van der Waals surface area contributed by atoms with E-state index in [-0.39, 0.29) is 11.8 Å². The first kappa shape index (κ1) is 21.3. The zero-order valence-electron chi connectivity index (χ0n) is 17.2. The van der Waals surface area contributed by atoms with Gasteiger partial charge in [-0.05, 0) is 55.2 Å². The van der Waals surface area contributed by atoms with Crippen LogP contribution >= 0.6 is 0 Å². The fraction of sp³-hybridized carbons (Fsp3) is 0.364. The molecule has 1 atom stereocenters. The number of nitrogens with one attached hydrogen (secondary N) is 1. The number of benzene rings is 2. The third-order valence-electron chi connectivity index (χ3n) is 4.34. The van der Waals surface area contributed by atoms with Gasteiger partial charge in [-0.1, -0.05) is 26.0 Å². The molecule has 0 saturated carbocycles. The number of carbonyl (C=O) groups excluding carboxylic acids is 2. The van der Waals surface area contributed by atoms with Crippen LogP contribution in [0.15, 0.2) is 36.4 Å². The maximum absolute atomic E-state index is 12.7.